The van der Waals surface area contributed by atoms with Gasteiger partial charge in [-0.1, -0.05) is 12.1 Å². The van der Waals surface area contributed by atoms with Crippen molar-refractivity contribution >= 4 is 0 Å². The van der Waals surface area contributed by atoms with Crippen LogP contribution in [0.1, 0.15) is 30.5 Å². The van der Waals surface area contributed by atoms with Crippen molar-refractivity contribution in [3.8, 4) is 11.8 Å². The molecule has 0 bridgehead atoms. The zero-order chi connectivity index (χ0) is 11.5. The van der Waals surface area contributed by atoms with E-state index in [1.807, 2.05) is 13.0 Å². The molecule has 2 unspecified atom stereocenters. The van der Waals surface area contributed by atoms with E-state index >= 15 is 0 Å². The fourth-order valence-electron chi connectivity index (χ4n) is 2.21. The third kappa shape index (κ3) is 2.02. The molecule has 1 aromatic rings. The maximum atomic E-state index is 9.69. The summed E-state index contributed by atoms with van der Waals surface area (Å²) in [6.07, 6.45) is 1.92. The highest BCUT2D eigenvalue weighted by molar-refractivity contribution is 5.44. The third-order valence-electron chi connectivity index (χ3n) is 3.14. The molecule has 84 valence electrons. The van der Waals surface area contributed by atoms with Crippen LogP contribution in [0, 0.1) is 17.2 Å². The first-order valence-electron chi connectivity index (χ1n) is 5.66. The van der Waals surface area contributed by atoms with E-state index in [4.69, 9.17) is 5.26 Å². The zero-order valence-electron chi connectivity index (χ0n) is 9.40. The van der Waals surface area contributed by atoms with Crippen LogP contribution in [0.4, 0.5) is 0 Å². The van der Waals surface area contributed by atoms with Gasteiger partial charge in [0.1, 0.15) is 5.75 Å². The van der Waals surface area contributed by atoms with Crippen LogP contribution in [0.3, 0.4) is 0 Å². The summed E-state index contributed by atoms with van der Waals surface area (Å²) in [5, 5.41) is 21.8. The summed E-state index contributed by atoms with van der Waals surface area (Å²) in [5.41, 5.74) is 2.25. The first kappa shape index (κ1) is 11.0. The van der Waals surface area contributed by atoms with Gasteiger partial charge >= 0.3 is 0 Å². The van der Waals surface area contributed by atoms with Gasteiger partial charge in [0.25, 0.3) is 0 Å². The summed E-state index contributed by atoms with van der Waals surface area (Å²) >= 11 is 0. The van der Waals surface area contributed by atoms with E-state index in [0.717, 1.165) is 18.4 Å². The summed E-state index contributed by atoms with van der Waals surface area (Å²) in [5.74, 6) is 0.427. The quantitative estimate of drug-likeness (QED) is 0.813. The van der Waals surface area contributed by atoms with Crippen LogP contribution in [0.5, 0.6) is 5.75 Å². The molecule has 3 nitrogen and oxygen atoms in total. The fraction of sp³-hybridized carbons (Fsp3) is 0.462. The summed E-state index contributed by atoms with van der Waals surface area (Å²) in [4.78, 5) is 0. The molecule has 0 aromatic heterocycles. The molecule has 1 aliphatic carbocycles. The minimum atomic E-state index is 0.0290. The van der Waals surface area contributed by atoms with Crippen molar-refractivity contribution in [3.05, 3.63) is 29.3 Å². The lowest BCUT2D eigenvalue weighted by Crippen LogP contribution is -2.24. The smallest absolute Gasteiger partial charge is 0.119 e. The van der Waals surface area contributed by atoms with Gasteiger partial charge < -0.3 is 10.4 Å². The van der Waals surface area contributed by atoms with Gasteiger partial charge in [-0.15, -0.1) is 0 Å². The third-order valence-corrected chi connectivity index (χ3v) is 3.14. The Morgan fingerprint density at radius 1 is 1.62 bits per heavy atom. The summed E-state index contributed by atoms with van der Waals surface area (Å²) in [6.45, 7) is 2.61. The Kier molecular flexibility index (Phi) is 3.12. The SMILES string of the molecule is CC(C#N)CNC1CCc2c(O)cccc21. The molecular weight excluding hydrogens is 200 g/mol. The predicted octanol–water partition coefficient (Wildman–Crippen LogP) is 2.13. The first-order valence-corrected chi connectivity index (χ1v) is 5.66. The van der Waals surface area contributed by atoms with Crippen LogP contribution in [-0.4, -0.2) is 11.7 Å². The van der Waals surface area contributed by atoms with Crippen molar-refractivity contribution in [1.29, 1.82) is 5.26 Å². The average Bonchev–Trinajstić information content (AvgIpc) is 2.70. The lowest BCUT2D eigenvalue weighted by atomic mass is 10.1. The molecule has 0 heterocycles. The minimum Gasteiger partial charge on any atom is -0.508 e. The highest BCUT2D eigenvalue weighted by Gasteiger charge is 2.24. The Labute approximate surface area is 95.7 Å². The van der Waals surface area contributed by atoms with Gasteiger partial charge in [0.15, 0.2) is 0 Å². The second-order valence-electron chi connectivity index (χ2n) is 4.37. The molecule has 1 aromatic carbocycles. The first-order chi connectivity index (χ1) is 7.72. The lowest BCUT2D eigenvalue weighted by Gasteiger charge is -2.14. The molecule has 0 saturated heterocycles. The monoisotopic (exact) mass is 216 g/mol. The topological polar surface area (TPSA) is 56.0 Å². The van der Waals surface area contributed by atoms with E-state index in [9.17, 15) is 5.11 Å². The van der Waals surface area contributed by atoms with E-state index < -0.39 is 0 Å². The standard InChI is InChI=1S/C13H16N2O/c1-9(7-14)8-15-12-6-5-11-10(12)3-2-4-13(11)16/h2-4,9,12,15-16H,5-6,8H2,1H3. The minimum absolute atomic E-state index is 0.0290. The summed E-state index contributed by atoms with van der Waals surface area (Å²) in [6, 6.07) is 8.17. The van der Waals surface area contributed by atoms with E-state index in [1.165, 1.54) is 5.56 Å². The number of benzene rings is 1. The van der Waals surface area contributed by atoms with Crippen LogP contribution in [-0.2, 0) is 6.42 Å². The molecule has 3 heteroatoms. The van der Waals surface area contributed by atoms with Crippen molar-refractivity contribution in [1.82, 2.24) is 5.32 Å². The van der Waals surface area contributed by atoms with Gasteiger partial charge in [-0.3, -0.25) is 0 Å². The van der Waals surface area contributed by atoms with Gasteiger partial charge in [0.2, 0.25) is 0 Å². The largest absolute Gasteiger partial charge is 0.508 e. The molecular formula is C13H16N2O. The number of phenols is 1. The maximum Gasteiger partial charge on any atom is 0.119 e. The summed E-state index contributed by atoms with van der Waals surface area (Å²) in [7, 11) is 0. The van der Waals surface area contributed by atoms with Crippen LogP contribution < -0.4 is 5.32 Å². The molecule has 16 heavy (non-hydrogen) atoms. The van der Waals surface area contributed by atoms with Crippen molar-refractivity contribution in [3.63, 3.8) is 0 Å². The molecule has 0 saturated carbocycles. The molecule has 0 fully saturated rings. The number of nitrogens with one attached hydrogen (secondary N) is 1. The van der Waals surface area contributed by atoms with Gasteiger partial charge in [-0.2, -0.15) is 5.26 Å². The highest BCUT2D eigenvalue weighted by Crippen LogP contribution is 2.36. The second kappa shape index (κ2) is 4.54. The second-order valence-corrected chi connectivity index (χ2v) is 4.37. The molecule has 0 aliphatic heterocycles. The van der Waals surface area contributed by atoms with E-state index in [2.05, 4.69) is 17.5 Å². The average molecular weight is 216 g/mol. The van der Waals surface area contributed by atoms with Gasteiger partial charge in [-0.25, -0.2) is 0 Å². The van der Waals surface area contributed by atoms with Crippen LogP contribution in [0.2, 0.25) is 0 Å². The van der Waals surface area contributed by atoms with Gasteiger partial charge in [-0.05, 0) is 37.0 Å². The Balaban J connectivity index is 2.07. The Morgan fingerprint density at radius 2 is 2.44 bits per heavy atom. The predicted molar refractivity (Wildman–Crippen MR) is 61.9 cm³/mol. The number of aromatic hydroxyl groups is 1. The maximum absolute atomic E-state index is 9.69. The lowest BCUT2D eigenvalue weighted by molar-refractivity contribution is 0.469. The Morgan fingerprint density at radius 3 is 3.19 bits per heavy atom. The highest BCUT2D eigenvalue weighted by atomic mass is 16.3. The molecule has 2 rings (SSSR count). The molecule has 0 spiro atoms. The van der Waals surface area contributed by atoms with E-state index in [-0.39, 0.29) is 12.0 Å². The number of hydrogen-bond acceptors (Lipinski definition) is 3. The van der Waals surface area contributed by atoms with Crippen LogP contribution in [0.15, 0.2) is 18.2 Å². The van der Waals surface area contributed by atoms with Crippen molar-refractivity contribution in [2.75, 3.05) is 6.54 Å². The zero-order valence-corrected chi connectivity index (χ0v) is 9.40. The molecule has 0 radical (unpaired) electrons. The normalized spacial score (nSPS) is 20.1. The van der Waals surface area contributed by atoms with E-state index in [0.29, 0.717) is 12.3 Å². The van der Waals surface area contributed by atoms with E-state index in [1.54, 1.807) is 6.07 Å². The molecule has 2 N–H and O–H groups in total. The number of fused-ring (bicyclic) bond motifs is 1. The molecule has 2 atom stereocenters. The Bertz CT molecular complexity index is 422. The summed E-state index contributed by atoms with van der Waals surface area (Å²) < 4.78 is 0. The van der Waals surface area contributed by atoms with Crippen molar-refractivity contribution in [2.24, 2.45) is 5.92 Å². The number of nitriles is 1. The number of phenolic OH excluding ortho intramolecular Hbond substituents is 1. The number of nitrogens with zero attached hydrogens (tertiary/aromatic N) is 1. The van der Waals surface area contributed by atoms with Crippen molar-refractivity contribution in [2.45, 2.75) is 25.8 Å². The van der Waals surface area contributed by atoms with Gasteiger partial charge in [0, 0.05) is 12.6 Å². The van der Waals surface area contributed by atoms with Gasteiger partial charge in [0.05, 0.1) is 12.0 Å². The number of rotatable bonds is 3. The van der Waals surface area contributed by atoms with Crippen molar-refractivity contribution < 1.29 is 5.11 Å². The van der Waals surface area contributed by atoms with Crippen LogP contribution >= 0.6 is 0 Å². The Hall–Kier alpha value is -1.53. The number of hydrogen-bond donors (Lipinski definition) is 2. The molecule has 0 amide bonds. The van der Waals surface area contributed by atoms with Crippen LogP contribution in [0.25, 0.3) is 0 Å². The fourth-order valence-corrected chi connectivity index (χ4v) is 2.21. The molecule has 1 aliphatic rings.